The van der Waals surface area contributed by atoms with E-state index < -0.39 is 0 Å². The van der Waals surface area contributed by atoms with Gasteiger partial charge >= 0.3 is 0 Å². The topological polar surface area (TPSA) is 67.2 Å². The molecule has 1 amide bonds. The number of aromatic nitrogens is 2. The van der Waals surface area contributed by atoms with E-state index >= 15 is 0 Å². The van der Waals surface area contributed by atoms with Gasteiger partial charge in [-0.3, -0.25) is 4.79 Å². The van der Waals surface area contributed by atoms with Crippen LogP contribution in [0.5, 0.6) is 0 Å². The van der Waals surface area contributed by atoms with Crippen molar-refractivity contribution in [2.45, 2.75) is 57.5 Å². The van der Waals surface area contributed by atoms with Crippen molar-refractivity contribution in [3.63, 3.8) is 0 Å². The third kappa shape index (κ3) is 4.63. The maximum Gasteiger partial charge on any atom is 0.220 e. The highest BCUT2D eigenvalue weighted by molar-refractivity contribution is 5.76. The van der Waals surface area contributed by atoms with Crippen LogP contribution in [0, 0.1) is 5.92 Å². The van der Waals surface area contributed by atoms with Crippen LogP contribution >= 0.6 is 0 Å². The summed E-state index contributed by atoms with van der Waals surface area (Å²) < 4.78 is 1.98. The Balaban J connectivity index is 1.71. The van der Waals surface area contributed by atoms with E-state index in [1.165, 1.54) is 6.42 Å². The van der Waals surface area contributed by atoms with E-state index in [9.17, 15) is 9.90 Å². The molecule has 2 atom stereocenters. The number of nitrogens with one attached hydrogen (secondary N) is 1. The fourth-order valence-electron chi connectivity index (χ4n) is 2.91. The molecule has 1 aromatic heterocycles. The molecule has 5 heteroatoms. The van der Waals surface area contributed by atoms with Gasteiger partial charge in [-0.1, -0.05) is 19.3 Å². The fraction of sp³-hybridized carbons (Fsp3) is 0.733. The normalized spacial score (nSPS) is 23.2. The number of aliphatic hydroxyl groups is 1. The lowest BCUT2D eigenvalue weighted by atomic mass is 9.95. The Kier molecular flexibility index (Phi) is 6.05. The number of hydrogen-bond acceptors (Lipinski definition) is 3. The molecule has 0 radical (unpaired) electrons. The SMILES string of the molecule is O=C(CCCn1ccnc1)NC1CCCCCC1CO. The van der Waals surface area contributed by atoms with Crippen molar-refractivity contribution in [2.24, 2.45) is 5.92 Å². The van der Waals surface area contributed by atoms with Gasteiger partial charge in [0.25, 0.3) is 0 Å². The Bertz CT molecular complexity index is 392. The first-order valence-corrected chi connectivity index (χ1v) is 7.65. The molecule has 0 aromatic carbocycles. The van der Waals surface area contributed by atoms with Gasteiger partial charge in [0.05, 0.1) is 6.33 Å². The second-order valence-electron chi connectivity index (χ2n) is 5.66. The first kappa shape index (κ1) is 15.0. The van der Waals surface area contributed by atoms with Crippen LogP contribution in [-0.2, 0) is 11.3 Å². The quantitative estimate of drug-likeness (QED) is 0.779. The molecule has 5 nitrogen and oxygen atoms in total. The zero-order valence-corrected chi connectivity index (χ0v) is 12.0. The molecular formula is C15H25N3O2. The smallest absolute Gasteiger partial charge is 0.220 e. The molecule has 2 rings (SSSR count). The summed E-state index contributed by atoms with van der Waals surface area (Å²) in [5.74, 6) is 0.338. The van der Waals surface area contributed by atoms with Crippen LogP contribution in [-0.4, -0.2) is 33.2 Å². The second kappa shape index (κ2) is 8.04. The van der Waals surface area contributed by atoms with Crippen LogP contribution in [0.15, 0.2) is 18.7 Å². The largest absolute Gasteiger partial charge is 0.396 e. The van der Waals surface area contributed by atoms with Crippen LogP contribution in [0.3, 0.4) is 0 Å². The minimum absolute atomic E-state index is 0.107. The minimum atomic E-state index is 0.107. The molecule has 112 valence electrons. The summed E-state index contributed by atoms with van der Waals surface area (Å²) in [4.78, 5) is 16.0. The summed E-state index contributed by atoms with van der Waals surface area (Å²) >= 11 is 0. The molecule has 1 aliphatic carbocycles. The van der Waals surface area contributed by atoms with Crippen LogP contribution in [0.25, 0.3) is 0 Å². The standard InChI is InChI=1S/C15H25N3O2/c19-11-13-5-2-1-3-6-14(13)17-15(20)7-4-9-18-10-8-16-12-18/h8,10,12-14,19H,1-7,9,11H2,(H,17,20). The lowest BCUT2D eigenvalue weighted by Gasteiger charge is -2.24. The number of hydrogen-bond donors (Lipinski definition) is 2. The number of amides is 1. The van der Waals surface area contributed by atoms with Gasteiger partial charge < -0.3 is 15.0 Å². The summed E-state index contributed by atoms with van der Waals surface area (Å²) in [6.45, 7) is 1.00. The Hall–Kier alpha value is -1.36. The molecule has 1 aliphatic rings. The Morgan fingerprint density at radius 1 is 1.35 bits per heavy atom. The Labute approximate surface area is 120 Å². The zero-order chi connectivity index (χ0) is 14.2. The van der Waals surface area contributed by atoms with Crippen LogP contribution in [0.4, 0.5) is 0 Å². The molecule has 1 fully saturated rings. The van der Waals surface area contributed by atoms with Gasteiger partial charge in [-0.05, 0) is 19.3 Å². The van der Waals surface area contributed by atoms with Crippen LogP contribution in [0.2, 0.25) is 0 Å². The molecule has 0 aliphatic heterocycles. The van der Waals surface area contributed by atoms with Crippen LogP contribution < -0.4 is 5.32 Å². The van der Waals surface area contributed by atoms with Gasteiger partial charge in [-0.15, -0.1) is 0 Å². The zero-order valence-electron chi connectivity index (χ0n) is 12.0. The number of aryl methyl sites for hydroxylation is 1. The van der Waals surface area contributed by atoms with Crippen molar-refractivity contribution in [2.75, 3.05) is 6.61 Å². The summed E-state index contributed by atoms with van der Waals surface area (Å²) in [7, 11) is 0. The van der Waals surface area contributed by atoms with E-state index in [0.717, 1.165) is 38.6 Å². The van der Waals surface area contributed by atoms with Gasteiger partial charge in [-0.2, -0.15) is 0 Å². The second-order valence-corrected chi connectivity index (χ2v) is 5.66. The van der Waals surface area contributed by atoms with Crippen molar-refractivity contribution in [1.29, 1.82) is 0 Å². The first-order valence-electron chi connectivity index (χ1n) is 7.65. The predicted octanol–water partition coefficient (Wildman–Crippen LogP) is 1.72. The molecular weight excluding hydrogens is 254 g/mol. The fourth-order valence-corrected chi connectivity index (χ4v) is 2.91. The molecule has 1 saturated carbocycles. The first-order chi connectivity index (χ1) is 9.79. The molecule has 0 saturated heterocycles. The molecule has 0 bridgehead atoms. The molecule has 0 spiro atoms. The minimum Gasteiger partial charge on any atom is -0.396 e. The number of rotatable bonds is 6. The number of nitrogens with zero attached hydrogens (tertiary/aromatic N) is 2. The Morgan fingerprint density at radius 2 is 2.20 bits per heavy atom. The maximum absolute atomic E-state index is 12.0. The predicted molar refractivity (Wildman–Crippen MR) is 77.1 cm³/mol. The maximum atomic E-state index is 12.0. The molecule has 20 heavy (non-hydrogen) atoms. The van der Waals surface area contributed by atoms with E-state index in [-0.39, 0.29) is 24.5 Å². The summed E-state index contributed by atoms with van der Waals surface area (Å²) in [6, 6.07) is 0.156. The number of carbonyl (C=O) groups excluding carboxylic acids is 1. The number of carbonyl (C=O) groups is 1. The van der Waals surface area contributed by atoms with Crippen molar-refractivity contribution < 1.29 is 9.90 Å². The molecule has 2 unspecified atom stereocenters. The van der Waals surface area contributed by atoms with Crippen molar-refractivity contribution >= 4 is 5.91 Å². The number of imidazole rings is 1. The molecule has 1 aromatic rings. The monoisotopic (exact) mass is 279 g/mol. The summed E-state index contributed by atoms with van der Waals surface area (Å²) in [5, 5.41) is 12.6. The van der Waals surface area contributed by atoms with Crippen molar-refractivity contribution in [3.8, 4) is 0 Å². The van der Waals surface area contributed by atoms with E-state index in [1.54, 1.807) is 12.5 Å². The van der Waals surface area contributed by atoms with E-state index in [0.29, 0.717) is 6.42 Å². The van der Waals surface area contributed by atoms with Gasteiger partial charge in [0, 0.05) is 43.9 Å². The third-order valence-electron chi connectivity index (χ3n) is 4.12. The highest BCUT2D eigenvalue weighted by Gasteiger charge is 2.24. The van der Waals surface area contributed by atoms with Crippen LogP contribution in [0.1, 0.15) is 44.9 Å². The Morgan fingerprint density at radius 3 is 2.95 bits per heavy atom. The summed E-state index contributed by atoms with van der Waals surface area (Å²) in [5.41, 5.74) is 0. The van der Waals surface area contributed by atoms with Gasteiger partial charge in [0.2, 0.25) is 5.91 Å². The highest BCUT2D eigenvalue weighted by atomic mass is 16.3. The summed E-state index contributed by atoms with van der Waals surface area (Å²) in [6.07, 6.45) is 12.3. The van der Waals surface area contributed by atoms with E-state index in [2.05, 4.69) is 10.3 Å². The third-order valence-corrected chi connectivity index (χ3v) is 4.12. The average molecular weight is 279 g/mol. The van der Waals surface area contributed by atoms with Gasteiger partial charge in [0.1, 0.15) is 0 Å². The van der Waals surface area contributed by atoms with Gasteiger partial charge in [0.15, 0.2) is 0 Å². The molecule has 1 heterocycles. The lowest BCUT2D eigenvalue weighted by Crippen LogP contribution is -2.41. The highest BCUT2D eigenvalue weighted by Crippen LogP contribution is 2.23. The molecule has 2 N–H and O–H groups in total. The lowest BCUT2D eigenvalue weighted by molar-refractivity contribution is -0.122. The van der Waals surface area contributed by atoms with E-state index in [4.69, 9.17) is 0 Å². The van der Waals surface area contributed by atoms with Gasteiger partial charge in [-0.25, -0.2) is 4.98 Å². The number of aliphatic hydroxyl groups excluding tert-OH is 1. The average Bonchev–Trinajstić information content (AvgIpc) is 2.85. The van der Waals surface area contributed by atoms with Crippen molar-refractivity contribution in [1.82, 2.24) is 14.9 Å². The van der Waals surface area contributed by atoms with E-state index in [1.807, 2.05) is 10.8 Å². The van der Waals surface area contributed by atoms with Crippen molar-refractivity contribution in [3.05, 3.63) is 18.7 Å².